The van der Waals surface area contributed by atoms with Crippen molar-refractivity contribution in [1.82, 2.24) is 9.97 Å². The van der Waals surface area contributed by atoms with Crippen molar-refractivity contribution >= 4 is 10.9 Å². The zero-order chi connectivity index (χ0) is 20.8. The molecule has 3 aromatic rings. The first kappa shape index (κ1) is 19.8. The Morgan fingerprint density at radius 1 is 1.03 bits per heavy atom. The van der Waals surface area contributed by atoms with Gasteiger partial charge >= 0.3 is 0 Å². The van der Waals surface area contributed by atoms with E-state index in [-0.39, 0.29) is 18.7 Å². The summed E-state index contributed by atoms with van der Waals surface area (Å²) in [6, 6.07) is 8.40. The fourth-order valence-corrected chi connectivity index (χ4v) is 2.79. The summed E-state index contributed by atoms with van der Waals surface area (Å²) in [7, 11) is 4.52. The first-order chi connectivity index (χ1) is 14.1. The van der Waals surface area contributed by atoms with Gasteiger partial charge in [-0.1, -0.05) is 5.11 Å². The van der Waals surface area contributed by atoms with E-state index in [0.29, 0.717) is 45.3 Å². The predicted molar refractivity (Wildman–Crippen MR) is 107 cm³/mol. The molecule has 0 fully saturated rings. The maximum Gasteiger partial charge on any atom is 0.262 e. The fourth-order valence-electron chi connectivity index (χ4n) is 2.79. The van der Waals surface area contributed by atoms with Crippen molar-refractivity contribution in [3.05, 3.63) is 51.1 Å². The number of aromatic nitrogens is 2. The number of nitrogens with one attached hydrogen (secondary N) is 1. The lowest BCUT2D eigenvalue weighted by atomic mass is 10.1. The highest BCUT2D eigenvalue weighted by atomic mass is 16.5. The number of aromatic amines is 1. The number of H-pyrrole nitrogens is 1. The average molecular weight is 397 g/mol. The van der Waals surface area contributed by atoms with E-state index in [1.54, 1.807) is 30.3 Å². The second-order valence-electron chi connectivity index (χ2n) is 5.84. The van der Waals surface area contributed by atoms with E-state index >= 15 is 0 Å². The summed E-state index contributed by atoms with van der Waals surface area (Å²) in [6.07, 6.45) is 0. The highest BCUT2D eigenvalue weighted by Gasteiger charge is 2.14. The van der Waals surface area contributed by atoms with Gasteiger partial charge in [0.2, 0.25) is 0 Å². The van der Waals surface area contributed by atoms with Gasteiger partial charge in [-0.05, 0) is 17.7 Å². The van der Waals surface area contributed by atoms with E-state index < -0.39 is 0 Å². The Morgan fingerprint density at radius 3 is 2.45 bits per heavy atom. The molecule has 3 rings (SSSR count). The minimum Gasteiger partial charge on any atom is -0.497 e. The van der Waals surface area contributed by atoms with Gasteiger partial charge in [0, 0.05) is 28.7 Å². The lowest BCUT2D eigenvalue weighted by Crippen LogP contribution is -2.11. The van der Waals surface area contributed by atoms with Crippen LogP contribution < -0.4 is 24.5 Å². The highest BCUT2D eigenvalue weighted by molar-refractivity contribution is 5.87. The number of benzene rings is 2. The molecule has 1 heterocycles. The molecule has 0 aliphatic carbocycles. The molecular weight excluding hydrogens is 378 g/mol. The monoisotopic (exact) mass is 397 g/mol. The van der Waals surface area contributed by atoms with Gasteiger partial charge in [0.1, 0.15) is 34.2 Å². The molecule has 10 nitrogen and oxygen atoms in total. The number of fused-ring (bicyclic) bond motifs is 1. The number of ether oxygens (including phenoxy) is 4. The quantitative estimate of drug-likeness (QED) is 0.268. The minimum atomic E-state index is -0.349. The molecule has 0 aliphatic heterocycles. The van der Waals surface area contributed by atoms with Gasteiger partial charge < -0.3 is 23.9 Å². The summed E-state index contributed by atoms with van der Waals surface area (Å²) >= 11 is 0. The zero-order valence-corrected chi connectivity index (χ0v) is 16.1. The summed E-state index contributed by atoms with van der Waals surface area (Å²) in [5.74, 6) is 2.22. The number of azide groups is 1. The molecule has 0 radical (unpaired) electrons. The molecular formula is C19H19N5O5. The molecule has 0 unspecified atom stereocenters. The highest BCUT2D eigenvalue weighted by Crippen LogP contribution is 2.31. The maximum atomic E-state index is 12.7. The molecule has 0 amide bonds. The molecule has 0 saturated carbocycles. The summed E-state index contributed by atoms with van der Waals surface area (Å²) in [4.78, 5) is 22.7. The third-order valence-electron chi connectivity index (χ3n) is 4.11. The second kappa shape index (κ2) is 8.85. The van der Waals surface area contributed by atoms with Crippen molar-refractivity contribution in [1.29, 1.82) is 0 Å². The van der Waals surface area contributed by atoms with Crippen LogP contribution in [-0.4, -0.2) is 44.4 Å². The lowest BCUT2D eigenvalue weighted by molar-refractivity contribution is 0.325. The second-order valence-corrected chi connectivity index (χ2v) is 5.84. The molecule has 1 N–H and O–H groups in total. The third-order valence-corrected chi connectivity index (χ3v) is 4.11. The Balaban J connectivity index is 2.09. The molecule has 1 aromatic heterocycles. The van der Waals surface area contributed by atoms with Gasteiger partial charge in [-0.2, -0.15) is 0 Å². The van der Waals surface area contributed by atoms with Gasteiger partial charge in [-0.3, -0.25) is 4.79 Å². The first-order valence-electron chi connectivity index (χ1n) is 8.58. The molecule has 0 spiro atoms. The lowest BCUT2D eigenvalue weighted by Gasteiger charge is -2.12. The number of nitrogens with zero attached hydrogens (tertiary/aromatic N) is 4. The van der Waals surface area contributed by atoms with Crippen molar-refractivity contribution < 1.29 is 18.9 Å². The number of methoxy groups -OCH3 is 3. The minimum absolute atomic E-state index is 0.188. The average Bonchev–Trinajstić information content (AvgIpc) is 2.75. The van der Waals surface area contributed by atoms with Crippen molar-refractivity contribution in [3.8, 4) is 34.4 Å². The molecule has 0 bridgehead atoms. The van der Waals surface area contributed by atoms with Crippen LogP contribution in [0.5, 0.6) is 23.0 Å². The number of rotatable bonds is 8. The van der Waals surface area contributed by atoms with Gasteiger partial charge in [0.05, 0.1) is 40.0 Å². The Bertz CT molecular complexity index is 1140. The maximum absolute atomic E-state index is 12.7. The van der Waals surface area contributed by atoms with Gasteiger partial charge in [-0.25, -0.2) is 4.98 Å². The Hall–Kier alpha value is -3.91. The molecule has 150 valence electrons. The predicted octanol–water partition coefficient (Wildman–Crippen LogP) is 3.31. The Kier molecular flexibility index (Phi) is 6.06. The van der Waals surface area contributed by atoms with E-state index in [2.05, 4.69) is 20.0 Å². The molecule has 0 aliphatic rings. The first-order valence-corrected chi connectivity index (χ1v) is 8.58. The zero-order valence-electron chi connectivity index (χ0n) is 16.1. The molecule has 2 aromatic carbocycles. The molecule has 0 saturated heterocycles. The van der Waals surface area contributed by atoms with E-state index in [4.69, 9.17) is 24.5 Å². The van der Waals surface area contributed by atoms with Gasteiger partial charge in [0.15, 0.2) is 0 Å². The van der Waals surface area contributed by atoms with Crippen LogP contribution >= 0.6 is 0 Å². The fraction of sp³-hybridized carbons (Fsp3) is 0.263. The van der Waals surface area contributed by atoms with E-state index in [1.165, 1.54) is 21.3 Å². The van der Waals surface area contributed by atoms with Crippen LogP contribution in [0.25, 0.3) is 32.7 Å². The van der Waals surface area contributed by atoms with Crippen LogP contribution in [0.1, 0.15) is 0 Å². The van der Waals surface area contributed by atoms with Crippen LogP contribution in [0.3, 0.4) is 0 Å². The number of hydrogen-bond acceptors (Lipinski definition) is 7. The van der Waals surface area contributed by atoms with Gasteiger partial charge in [-0.15, -0.1) is 0 Å². The van der Waals surface area contributed by atoms with Crippen LogP contribution in [0.4, 0.5) is 0 Å². The molecule has 29 heavy (non-hydrogen) atoms. The Morgan fingerprint density at radius 2 is 1.76 bits per heavy atom. The van der Waals surface area contributed by atoms with Crippen molar-refractivity contribution in [2.45, 2.75) is 0 Å². The summed E-state index contributed by atoms with van der Waals surface area (Å²) in [6.45, 7) is 0.389. The SMILES string of the molecule is COc1cc(OCCN=[N+]=[N-])cc(-c2nc3cc(OC)cc(OC)c3c(=O)[nH]2)c1. The third kappa shape index (κ3) is 4.33. The largest absolute Gasteiger partial charge is 0.497 e. The van der Waals surface area contributed by atoms with Crippen molar-refractivity contribution in [2.75, 3.05) is 34.5 Å². The Labute approximate surface area is 165 Å². The molecule has 10 heteroatoms. The number of hydrogen-bond donors (Lipinski definition) is 1. The van der Waals surface area contributed by atoms with Crippen LogP contribution in [0.15, 0.2) is 40.2 Å². The van der Waals surface area contributed by atoms with Crippen LogP contribution in [-0.2, 0) is 0 Å². The smallest absolute Gasteiger partial charge is 0.262 e. The van der Waals surface area contributed by atoms with Crippen LogP contribution in [0.2, 0.25) is 0 Å². The summed E-state index contributed by atoms with van der Waals surface area (Å²) in [5.41, 5.74) is 9.01. The van der Waals surface area contributed by atoms with E-state index in [9.17, 15) is 4.79 Å². The topological polar surface area (TPSA) is 131 Å². The van der Waals surface area contributed by atoms with Crippen molar-refractivity contribution in [2.24, 2.45) is 5.11 Å². The van der Waals surface area contributed by atoms with E-state index in [0.717, 1.165) is 0 Å². The van der Waals surface area contributed by atoms with E-state index in [1.807, 2.05) is 0 Å². The van der Waals surface area contributed by atoms with Gasteiger partial charge in [0.25, 0.3) is 5.56 Å². The summed E-state index contributed by atoms with van der Waals surface area (Å²) in [5, 5.41) is 3.75. The molecule has 0 atom stereocenters. The normalized spacial score (nSPS) is 10.3. The van der Waals surface area contributed by atoms with Crippen molar-refractivity contribution in [3.63, 3.8) is 0 Å². The standard InChI is InChI=1S/C19H19N5O5/c1-26-12-6-11(7-14(8-12)29-5-4-21-24-20)18-22-15-9-13(27-2)10-16(28-3)17(15)19(25)23-18/h6-10H,4-5H2,1-3H3,(H,22,23,25). The summed E-state index contributed by atoms with van der Waals surface area (Å²) < 4.78 is 21.5. The van der Waals surface area contributed by atoms with Crippen LogP contribution in [0, 0.1) is 0 Å².